The molecule has 1 fully saturated rings. The molecule has 1 aromatic rings. The van der Waals surface area contributed by atoms with Crippen LogP contribution in [-0.2, 0) is 4.74 Å². The van der Waals surface area contributed by atoms with Crippen LogP contribution in [0, 0.1) is 5.82 Å². The third-order valence-corrected chi connectivity index (χ3v) is 3.41. The Balaban J connectivity index is 1.60. The summed E-state index contributed by atoms with van der Waals surface area (Å²) in [6, 6.07) is 6.59. The second-order valence-electron chi connectivity index (χ2n) is 5.05. The number of aliphatic hydroxyl groups is 1. The molecular formula is C15H22FNO3. The lowest BCUT2D eigenvalue weighted by atomic mass is 9.89. The predicted molar refractivity (Wildman–Crippen MR) is 74.3 cm³/mol. The van der Waals surface area contributed by atoms with Gasteiger partial charge >= 0.3 is 0 Å². The molecule has 112 valence electrons. The molecule has 0 amide bonds. The van der Waals surface area contributed by atoms with E-state index >= 15 is 0 Å². The van der Waals surface area contributed by atoms with Crippen molar-refractivity contribution in [2.75, 3.05) is 19.8 Å². The smallest absolute Gasteiger partial charge is 0.165 e. The van der Waals surface area contributed by atoms with Gasteiger partial charge in [-0.15, -0.1) is 0 Å². The summed E-state index contributed by atoms with van der Waals surface area (Å²) < 4.78 is 24.0. The van der Waals surface area contributed by atoms with Gasteiger partial charge in [0, 0.05) is 19.2 Å². The van der Waals surface area contributed by atoms with E-state index in [0.29, 0.717) is 18.7 Å². The Bertz CT molecular complexity index is 410. The first kappa shape index (κ1) is 15.2. The number of aliphatic hydroxyl groups excluding tert-OH is 1. The minimum absolute atomic E-state index is 0.0789. The lowest BCUT2D eigenvalue weighted by molar-refractivity contribution is -0.0134. The number of nitrogens with one attached hydrogen (secondary N) is 1. The standard InChI is InChI=1S/C15H22FNO3/c1-2-19-13-7-11(8-13)17-9-12(18)10-20-15-6-4-3-5-14(15)16/h3-6,11-13,17-18H,2,7-10H2,1H3. The van der Waals surface area contributed by atoms with Gasteiger partial charge in [0.25, 0.3) is 0 Å². The summed E-state index contributed by atoms with van der Waals surface area (Å²) in [6.45, 7) is 3.26. The molecule has 20 heavy (non-hydrogen) atoms. The summed E-state index contributed by atoms with van der Waals surface area (Å²) in [5, 5.41) is 13.1. The average Bonchev–Trinajstić information content (AvgIpc) is 2.40. The van der Waals surface area contributed by atoms with Gasteiger partial charge in [-0.3, -0.25) is 0 Å². The van der Waals surface area contributed by atoms with Crippen LogP contribution in [0.4, 0.5) is 4.39 Å². The minimum atomic E-state index is -0.652. The molecular weight excluding hydrogens is 261 g/mol. The zero-order valence-electron chi connectivity index (χ0n) is 11.7. The zero-order chi connectivity index (χ0) is 14.4. The number of ether oxygens (including phenoxy) is 2. The highest BCUT2D eigenvalue weighted by molar-refractivity contribution is 5.23. The fourth-order valence-electron chi connectivity index (χ4n) is 2.21. The first-order valence-corrected chi connectivity index (χ1v) is 7.09. The molecule has 0 aromatic heterocycles. The van der Waals surface area contributed by atoms with Crippen LogP contribution in [0.15, 0.2) is 24.3 Å². The van der Waals surface area contributed by atoms with Gasteiger partial charge in [0.15, 0.2) is 11.6 Å². The normalized spacial score (nSPS) is 23.1. The number of para-hydroxylation sites is 1. The number of hydrogen-bond acceptors (Lipinski definition) is 4. The summed E-state index contributed by atoms with van der Waals surface area (Å²) >= 11 is 0. The molecule has 0 radical (unpaired) electrons. The van der Waals surface area contributed by atoms with Crippen molar-refractivity contribution in [3.8, 4) is 5.75 Å². The van der Waals surface area contributed by atoms with Gasteiger partial charge in [0.1, 0.15) is 12.7 Å². The molecule has 0 bridgehead atoms. The maximum Gasteiger partial charge on any atom is 0.165 e. The monoisotopic (exact) mass is 283 g/mol. The highest BCUT2D eigenvalue weighted by Crippen LogP contribution is 2.23. The summed E-state index contributed by atoms with van der Waals surface area (Å²) in [7, 11) is 0. The fourth-order valence-corrected chi connectivity index (χ4v) is 2.21. The van der Waals surface area contributed by atoms with Crippen LogP contribution in [0.1, 0.15) is 19.8 Å². The Labute approximate surface area is 118 Å². The van der Waals surface area contributed by atoms with Crippen molar-refractivity contribution in [1.82, 2.24) is 5.32 Å². The maximum absolute atomic E-state index is 13.3. The Morgan fingerprint density at radius 3 is 2.85 bits per heavy atom. The van der Waals surface area contributed by atoms with Gasteiger partial charge in [-0.1, -0.05) is 12.1 Å². The van der Waals surface area contributed by atoms with E-state index < -0.39 is 11.9 Å². The molecule has 2 N–H and O–H groups in total. The van der Waals surface area contributed by atoms with Gasteiger partial charge in [-0.05, 0) is 31.9 Å². The first-order valence-electron chi connectivity index (χ1n) is 7.09. The highest BCUT2D eigenvalue weighted by Gasteiger charge is 2.29. The molecule has 5 heteroatoms. The van der Waals surface area contributed by atoms with Crippen LogP contribution in [-0.4, -0.2) is 43.1 Å². The van der Waals surface area contributed by atoms with Gasteiger partial charge in [0.2, 0.25) is 0 Å². The van der Waals surface area contributed by atoms with Gasteiger partial charge in [-0.2, -0.15) is 0 Å². The largest absolute Gasteiger partial charge is 0.488 e. The van der Waals surface area contributed by atoms with Crippen LogP contribution >= 0.6 is 0 Å². The molecule has 1 aliphatic carbocycles. The van der Waals surface area contributed by atoms with Gasteiger partial charge in [-0.25, -0.2) is 4.39 Å². The van der Waals surface area contributed by atoms with E-state index in [4.69, 9.17) is 9.47 Å². The van der Waals surface area contributed by atoms with Crippen LogP contribution in [0.3, 0.4) is 0 Å². The van der Waals surface area contributed by atoms with Gasteiger partial charge in [0.05, 0.1) is 6.10 Å². The second-order valence-corrected chi connectivity index (χ2v) is 5.05. The molecule has 1 aliphatic rings. The molecule has 0 aliphatic heterocycles. The van der Waals surface area contributed by atoms with Crippen molar-refractivity contribution in [2.24, 2.45) is 0 Å². The first-order chi connectivity index (χ1) is 9.69. The topological polar surface area (TPSA) is 50.7 Å². The van der Waals surface area contributed by atoms with Crippen molar-refractivity contribution in [1.29, 1.82) is 0 Å². The van der Waals surface area contributed by atoms with E-state index in [2.05, 4.69) is 5.32 Å². The number of halogens is 1. The molecule has 1 unspecified atom stereocenters. The van der Waals surface area contributed by atoms with Crippen LogP contribution < -0.4 is 10.1 Å². The summed E-state index contributed by atoms with van der Waals surface area (Å²) in [6.07, 6.45) is 1.66. The SMILES string of the molecule is CCOC1CC(NCC(O)COc2ccccc2F)C1. The van der Waals surface area contributed by atoms with E-state index in [9.17, 15) is 9.50 Å². The minimum Gasteiger partial charge on any atom is -0.488 e. The average molecular weight is 283 g/mol. The summed E-state index contributed by atoms with van der Waals surface area (Å²) in [5.41, 5.74) is 0. The Morgan fingerprint density at radius 1 is 1.40 bits per heavy atom. The molecule has 1 saturated carbocycles. The van der Waals surface area contributed by atoms with Crippen LogP contribution in [0.25, 0.3) is 0 Å². The van der Waals surface area contributed by atoms with Crippen molar-refractivity contribution in [3.63, 3.8) is 0 Å². The van der Waals surface area contributed by atoms with E-state index in [0.717, 1.165) is 19.4 Å². The van der Waals surface area contributed by atoms with Crippen LogP contribution in [0.5, 0.6) is 5.75 Å². The quantitative estimate of drug-likeness (QED) is 0.763. The fraction of sp³-hybridized carbons (Fsp3) is 0.600. The number of rotatable bonds is 8. The van der Waals surface area contributed by atoms with E-state index in [-0.39, 0.29) is 12.4 Å². The lowest BCUT2D eigenvalue weighted by Gasteiger charge is -2.36. The van der Waals surface area contributed by atoms with E-state index in [1.807, 2.05) is 6.92 Å². The Morgan fingerprint density at radius 2 is 2.15 bits per heavy atom. The number of benzene rings is 1. The lowest BCUT2D eigenvalue weighted by Crippen LogP contribution is -2.48. The third-order valence-electron chi connectivity index (χ3n) is 3.41. The Kier molecular flexibility index (Phi) is 5.76. The number of hydrogen-bond donors (Lipinski definition) is 2. The van der Waals surface area contributed by atoms with Crippen molar-refractivity contribution >= 4 is 0 Å². The second kappa shape index (κ2) is 7.57. The zero-order valence-corrected chi connectivity index (χ0v) is 11.7. The van der Waals surface area contributed by atoms with Crippen molar-refractivity contribution < 1.29 is 19.0 Å². The van der Waals surface area contributed by atoms with Crippen molar-refractivity contribution in [3.05, 3.63) is 30.1 Å². The maximum atomic E-state index is 13.3. The highest BCUT2D eigenvalue weighted by atomic mass is 19.1. The molecule has 4 nitrogen and oxygen atoms in total. The predicted octanol–water partition coefficient (Wildman–Crippen LogP) is 1.72. The van der Waals surface area contributed by atoms with Crippen molar-refractivity contribution in [2.45, 2.75) is 38.0 Å². The molecule has 2 rings (SSSR count). The third kappa shape index (κ3) is 4.44. The molecule has 0 spiro atoms. The summed E-state index contributed by atoms with van der Waals surface area (Å²) in [5.74, 6) is -0.238. The molecule has 0 saturated heterocycles. The van der Waals surface area contributed by atoms with Crippen LogP contribution in [0.2, 0.25) is 0 Å². The van der Waals surface area contributed by atoms with E-state index in [1.54, 1.807) is 18.2 Å². The van der Waals surface area contributed by atoms with E-state index in [1.165, 1.54) is 6.07 Å². The molecule has 1 atom stereocenters. The molecule has 1 aromatic carbocycles. The summed E-state index contributed by atoms with van der Waals surface area (Å²) in [4.78, 5) is 0. The molecule has 0 heterocycles. The Hall–Kier alpha value is -1.17. The van der Waals surface area contributed by atoms with Gasteiger partial charge < -0.3 is 19.9 Å².